The van der Waals surface area contributed by atoms with Crippen molar-refractivity contribution in [2.24, 2.45) is 0 Å². The maximum Gasteiger partial charge on any atom is 0.160 e. The van der Waals surface area contributed by atoms with Gasteiger partial charge in [0.1, 0.15) is 11.2 Å². The Morgan fingerprint density at radius 3 is 1.47 bits per heavy atom. The molecule has 62 heavy (non-hydrogen) atoms. The number of hydrogen-bond acceptors (Lipinski definition) is 4. The summed E-state index contributed by atoms with van der Waals surface area (Å²) < 4.78 is 6.52. The Morgan fingerprint density at radius 1 is 0.355 bits per heavy atom. The first-order valence-corrected chi connectivity index (χ1v) is 21.1. The van der Waals surface area contributed by atoms with Gasteiger partial charge in [-0.2, -0.15) is 0 Å². The van der Waals surface area contributed by atoms with Gasteiger partial charge in [-0.25, -0.2) is 9.97 Å². The molecule has 288 valence electrons. The first-order valence-electron chi connectivity index (χ1n) is 21.1. The minimum absolute atomic E-state index is 0.401. The summed E-state index contributed by atoms with van der Waals surface area (Å²) in [5, 5.41) is 2.03. The second-order valence-electron chi connectivity index (χ2n) is 16.3. The summed E-state index contributed by atoms with van der Waals surface area (Å²) in [6.45, 7) is 0. The average molecular weight is 790 g/mol. The molecule has 0 saturated carbocycles. The van der Waals surface area contributed by atoms with Crippen LogP contribution in [0.2, 0.25) is 0 Å². The molecule has 2 aliphatic rings. The van der Waals surface area contributed by atoms with Crippen molar-refractivity contribution in [2.45, 2.75) is 5.41 Å². The molecule has 0 fully saturated rings. The molecular formula is C58H35N3O. The standard InChI is InChI=1S/C58H35N3O/c1-3-13-36(14-4-1)51-35-52(37-15-5-2-6-16-37)61-57(60-51)39-25-23-38(24-26-39)56-55-46-33-40(28-30-53(46)62-54(55)31-32-59-56)41-27-29-45-44-19-9-12-22-49(44)58(50(45)34-41)47-20-10-7-17-42(47)43-18-8-11-21-48(43)58/h1-35H. The summed E-state index contributed by atoms with van der Waals surface area (Å²) in [5.74, 6) is 0.671. The molecular weight excluding hydrogens is 755 g/mol. The average Bonchev–Trinajstić information content (AvgIpc) is 3.98. The van der Waals surface area contributed by atoms with Crippen molar-refractivity contribution in [1.29, 1.82) is 0 Å². The predicted octanol–water partition coefficient (Wildman–Crippen LogP) is 14.4. The Balaban J connectivity index is 0.925. The van der Waals surface area contributed by atoms with Gasteiger partial charge < -0.3 is 4.42 Å². The zero-order valence-corrected chi connectivity index (χ0v) is 33.5. The van der Waals surface area contributed by atoms with Crippen LogP contribution < -0.4 is 0 Å². The Bertz CT molecular complexity index is 3450. The van der Waals surface area contributed by atoms with Crippen molar-refractivity contribution in [3.8, 4) is 78.5 Å². The highest BCUT2D eigenvalue weighted by molar-refractivity contribution is 6.12. The Hall–Kier alpha value is -8.21. The fourth-order valence-electron chi connectivity index (χ4n) is 10.3. The van der Waals surface area contributed by atoms with Crippen LogP contribution in [0.5, 0.6) is 0 Å². The summed E-state index contributed by atoms with van der Waals surface area (Å²) in [4.78, 5) is 15.1. The number of hydrogen-bond donors (Lipinski definition) is 0. The van der Waals surface area contributed by atoms with Crippen molar-refractivity contribution in [2.75, 3.05) is 0 Å². The van der Waals surface area contributed by atoms with E-state index in [0.717, 1.165) is 72.4 Å². The Kier molecular flexibility index (Phi) is 7.49. The van der Waals surface area contributed by atoms with Gasteiger partial charge in [0.05, 0.1) is 27.9 Å². The molecule has 11 aromatic rings. The van der Waals surface area contributed by atoms with E-state index in [1.807, 2.05) is 48.7 Å². The quantitative estimate of drug-likeness (QED) is 0.174. The molecule has 1 spiro atoms. The van der Waals surface area contributed by atoms with E-state index in [1.165, 1.54) is 44.5 Å². The summed E-state index contributed by atoms with van der Waals surface area (Å²) in [6, 6.07) is 73.5. The topological polar surface area (TPSA) is 51.8 Å². The molecule has 8 aromatic carbocycles. The van der Waals surface area contributed by atoms with Gasteiger partial charge in [-0.15, -0.1) is 0 Å². The molecule has 2 aliphatic carbocycles. The van der Waals surface area contributed by atoms with Crippen molar-refractivity contribution < 1.29 is 4.42 Å². The number of furan rings is 1. The summed E-state index contributed by atoms with van der Waals surface area (Å²) >= 11 is 0. The number of pyridine rings is 1. The third-order valence-corrected chi connectivity index (χ3v) is 13.0. The molecule has 3 aromatic heterocycles. The zero-order chi connectivity index (χ0) is 40.8. The smallest absolute Gasteiger partial charge is 0.160 e. The van der Waals surface area contributed by atoms with E-state index in [-0.39, 0.29) is 0 Å². The van der Waals surface area contributed by atoms with Crippen LogP contribution in [0.1, 0.15) is 22.3 Å². The molecule has 13 rings (SSSR count). The lowest BCUT2D eigenvalue weighted by molar-refractivity contribution is 0.668. The van der Waals surface area contributed by atoms with Crippen LogP contribution >= 0.6 is 0 Å². The highest BCUT2D eigenvalue weighted by atomic mass is 16.3. The fraction of sp³-hybridized carbons (Fsp3) is 0.0172. The van der Waals surface area contributed by atoms with Gasteiger partial charge >= 0.3 is 0 Å². The lowest BCUT2D eigenvalue weighted by Crippen LogP contribution is -2.25. The molecule has 0 atom stereocenters. The summed E-state index contributed by atoms with van der Waals surface area (Å²) in [7, 11) is 0. The van der Waals surface area contributed by atoms with E-state index in [2.05, 4.69) is 164 Å². The van der Waals surface area contributed by atoms with Gasteiger partial charge in [-0.3, -0.25) is 4.98 Å². The van der Waals surface area contributed by atoms with E-state index in [0.29, 0.717) is 5.82 Å². The minimum atomic E-state index is -0.401. The van der Waals surface area contributed by atoms with Crippen LogP contribution in [0.4, 0.5) is 0 Å². The molecule has 4 heteroatoms. The van der Waals surface area contributed by atoms with Gasteiger partial charge in [-0.1, -0.05) is 176 Å². The molecule has 0 unspecified atom stereocenters. The lowest BCUT2D eigenvalue weighted by Gasteiger charge is -2.30. The number of nitrogens with zero attached hydrogens (tertiary/aromatic N) is 3. The van der Waals surface area contributed by atoms with Crippen molar-refractivity contribution >= 4 is 21.9 Å². The highest BCUT2D eigenvalue weighted by Gasteiger charge is 2.51. The van der Waals surface area contributed by atoms with Crippen LogP contribution in [0.3, 0.4) is 0 Å². The fourth-order valence-corrected chi connectivity index (χ4v) is 10.3. The molecule has 0 saturated heterocycles. The molecule has 0 bridgehead atoms. The van der Waals surface area contributed by atoms with E-state index in [1.54, 1.807) is 0 Å². The van der Waals surface area contributed by atoms with Gasteiger partial charge in [0.15, 0.2) is 5.82 Å². The van der Waals surface area contributed by atoms with Crippen molar-refractivity contribution in [3.63, 3.8) is 0 Å². The second-order valence-corrected chi connectivity index (χ2v) is 16.3. The van der Waals surface area contributed by atoms with Gasteiger partial charge in [0.2, 0.25) is 0 Å². The Morgan fingerprint density at radius 2 is 0.855 bits per heavy atom. The van der Waals surface area contributed by atoms with Crippen LogP contribution in [0, 0.1) is 0 Å². The Labute approximate surface area is 358 Å². The number of benzene rings is 8. The molecule has 3 heterocycles. The molecule has 0 N–H and O–H groups in total. The van der Waals surface area contributed by atoms with E-state index < -0.39 is 5.41 Å². The number of rotatable bonds is 5. The van der Waals surface area contributed by atoms with Crippen LogP contribution in [0.15, 0.2) is 217 Å². The molecule has 0 aliphatic heterocycles. The summed E-state index contributed by atoms with van der Waals surface area (Å²) in [5.41, 5.74) is 20.7. The number of aromatic nitrogens is 3. The predicted molar refractivity (Wildman–Crippen MR) is 251 cm³/mol. The first-order chi connectivity index (χ1) is 30.7. The highest BCUT2D eigenvalue weighted by Crippen LogP contribution is 2.63. The monoisotopic (exact) mass is 789 g/mol. The minimum Gasteiger partial charge on any atom is -0.456 e. The normalized spacial score (nSPS) is 13.0. The molecule has 4 nitrogen and oxygen atoms in total. The van der Waals surface area contributed by atoms with Crippen LogP contribution in [-0.4, -0.2) is 15.0 Å². The van der Waals surface area contributed by atoms with E-state index in [9.17, 15) is 0 Å². The van der Waals surface area contributed by atoms with E-state index in [4.69, 9.17) is 19.4 Å². The summed E-state index contributed by atoms with van der Waals surface area (Å²) in [6.07, 6.45) is 1.84. The van der Waals surface area contributed by atoms with Crippen LogP contribution in [0.25, 0.3) is 100 Å². The largest absolute Gasteiger partial charge is 0.456 e. The van der Waals surface area contributed by atoms with Gasteiger partial charge in [0.25, 0.3) is 0 Å². The SMILES string of the molecule is c1ccc(-c2cc(-c3ccccc3)nc(-c3ccc(-c4nccc5oc6ccc(-c7ccc8c(c7)C7(c9ccccc9-c9ccccc97)c7ccccc7-8)cc6c45)cc3)n2)cc1. The lowest BCUT2D eigenvalue weighted by atomic mass is 9.70. The first kappa shape index (κ1) is 34.6. The third kappa shape index (κ3) is 5.04. The maximum atomic E-state index is 6.52. The zero-order valence-electron chi connectivity index (χ0n) is 33.5. The van der Waals surface area contributed by atoms with Crippen molar-refractivity contribution in [1.82, 2.24) is 15.0 Å². The maximum absolute atomic E-state index is 6.52. The third-order valence-electron chi connectivity index (χ3n) is 13.0. The van der Waals surface area contributed by atoms with Crippen molar-refractivity contribution in [3.05, 3.63) is 235 Å². The second kappa shape index (κ2) is 13.4. The van der Waals surface area contributed by atoms with E-state index >= 15 is 0 Å². The molecule has 0 amide bonds. The molecule has 0 radical (unpaired) electrons. The van der Waals surface area contributed by atoms with Crippen LogP contribution in [-0.2, 0) is 5.41 Å². The van der Waals surface area contributed by atoms with Gasteiger partial charge in [0, 0.05) is 33.8 Å². The number of fused-ring (bicyclic) bond motifs is 13. The van der Waals surface area contributed by atoms with Gasteiger partial charge in [-0.05, 0) is 86.0 Å².